The van der Waals surface area contributed by atoms with Crippen molar-refractivity contribution >= 4 is 25.9 Å². The Morgan fingerprint density at radius 3 is 2.45 bits per heavy atom. The van der Waals surface area contributed by atoms with Crippen molar-refractivity contribution in [3.05, 3.63) is 65.8 Å². The number of hydrogen-bond acceptors (Lipinski definition) is 7. The van der Waals surface area contributed by atoms with Crippen LogP contribution in [0.25, 0.3) is 0 Å². The van der Waals surface area contributed by atoms with Crippen molar-refractivity contribution in [1.82, 2.24) is 5.32 Å². The zero-order valence-corrected chi connectivity index (χ0v) is 30.5. The summed E-state index contributed by atoms with van der Waals surface area (Å²) in [6.07, 6.45) is 15.6. The first-order valence-electron chi connectivity index (χ1n) is 17.5. The molecular formula is C38H58N2O6Si. The monoisotopic (exact) mass is 666 g/mol. The molecule has 0 heterocycles. The van der Waals surface area contributed by atoms with E-state index in [0.29, 0.717) is 37.9 Å². The maximum atomic E-state index is 13.8. The minimum Gasteiger partial charge on any atom is -0.505 e. The first kappa shape index (κ1) is 38.1. The highest BCUT2D eigenvalue weighted by Crippen LogP contribution is 2.39. The quantitative estimate of drug-likeness (QED) is 0.0341. The summed E-state index contributed by atoms with van der Waals surface area (Å²) in [4.78, 5) is 26.8. The van der Waals surface area contributed by atoms with Crippen molar-refractivity contribution in [2.45, 2.75) is 128 Å². The van der Waals surface area contributed by atoms with Crippen LogP contribution < -0.4 is 15.8 Å². The van der Waals surface area contributed by atoms with Gasteiger partial charge in [0.2, 0.25) is 5.91 Å². The van der Waals surface area contributed by atoms with E-state index in [1.54, 1.807) is 19.3 Å². The Kier molecular flexibility index (Phi) is 14.4. The molecule has 1 aromatic carbocycles. The number of allylic oxidation sites excluding steroid dienone is 4. The van der Waals surface area contributed by atoms with Crippen molar-refractivity contribution < 1.29 is 28.6 Å². The number of amides is 1. The first-order chi connectivity index (χ1) is 22.5. The SMILES string of the molecule is C=C/C=C/C[C@H](OC(=O)C1(NC(=O)C2=CCCCC2)CC1)[C@H](C)[C@@H](O[Si](CC)(CC)CC)/C(C)=C\CCc1cc(OC)cc(N)c1O. The summed E-state index contributed by atoms with van der Waals surface area (Å²) in [5.41, 5.74) is 7.89. The van der Waals surface area contributed by atoms with Crippen LogP contribution in [0.5, 0.6) is 11.5 Å². The zero-order valence-electron chi connectivity index (χ0n) is 29.5. The van der Waals surface area contributed by atoms with Crippen LogP contribution in [0.15, 0.2) is 60.2 Å². The van der Waals surface area contributed by atoms with Crippen molar-refractivity contribution in [2.75, 3.05) is 12.8 Å². The number of methoxy groups -OCH3 is 1. The fourth-order valence-corrected chi connectivity index (χ4v) is 9.36. The lowest BCUT2D eigenvalue weighted by Gasteiger charge is -2.39. The lowest BCUT2D eigenvalue weighted by molar-refractivity contribution is -0.158. The molecule has 9 heteroatoms. The van der Waals surface area contributed by atoms with Crippen LogP contribution in [0.3, 0.4) is 0 Å². The molecule has 1 fully saturated rings. The second kappa shape index (κ2) is 17.7. The summed E-state index contributed by atoms with van der Waals surface area (Å²) < 4.78 is 18.9. The number of aromatic hydroxyl groups is 1. The fourth-order valence-electron chi connectivity index (χ4n) is 6.42. The summed E-state index contributed by atoms with van der Waals surface area (Å²) >= 11 is 0. The highest BCUT2D eigenvalue weighted by Gasteiger charge is 2.54. The van der Waals surface area contributed by atoms with Gasteiger partial charge in [-0.2, -0.15) is 0 Å². The van der Waals surface area contributed by atoms with Crippen molar-refractivity contribution in [3.8, 4) is 11.5 Å². The van der Waals surface area contributed by atoms with E-state index < -0.39 is 20.0 Å². The average molecular weight is 667 g/mol. The third-order valence-corrected chi connectivity index (χ3v) is 14.7. The van der Waals surface area contributed by atoms with Gasteiger partial charge in [0.05, 0.1) is 18.9 Å². The number of nitrogens with two attached hydrogens (primary N) is 1. The first-order valence-corrected chi connectivity index (χ1v) is 20.0. The molecule has 260 valence electrons. The van der Waals surface area contributed by atoms with Crippen LogP contribution in [0.1, 0.15) is 91.5 Å². The molecule has 47 heavy (non-hydrogen) atoms. The van der Waals surface area contributed by atoms with Crippen LogP contribution in [0, 0.1) is 5.92 Å². The van der Waals surface area contributed by atoms with Gasteiger partial charge in [-0.3, -0.25) is 4.79 Å². The second-order valence-corrected chi connectivity index (χ2v) is 17.9. The van der Waals surface area contributed by atoms with Crippen molar-refractivity contribution in [1.29, 1.82) is 0 Å². The van der Waals surface area contributed by atoms with Gasteiger partial charge in [0.25, 0.3) is 0 Å². The summed E-state index contributed by atoms with van der Waals surface area (Å²) in [6, 6.07) is 6.38. The summed E-state index contributed by atoms with van der Waals surface area (Å²) in [7, 11) is -0.501. The van der Waals surface area contributed by atoms with Gasteiger partial charge in [-0.15, -0.1) is 0 Å². The van der Waals surface area contributed by atoms with Crippen molar-refractivity contribution in [2.24, 2.45) is 5.92 Å². The Hall–Kier alpha value is -3.30. The van der Waals surface area contributed by atoms with Gasteiger partial charge in [-0.1, -0.05) is 64.7 Å². The largest absolute Gasteiger partial charge is 0.505 e. The Labute approximate surface area is 283 Å². The van der Waals surface area contributed by atoms with E-state index in [1.807, 2.05) is 24.3 Å². The Morgan fingerprint density at radius 2 is 1.87 bits per heavy atom. The van der Waals surface area contributed by atoms with Gasteiger partial charge >= 0.3 is 5.97 Å². The van der Waals surface area contributed by atoms with E-state index >= 15 is 0 Å². The van der Waals surface area contributed by atoms with Crippen LogP contribution in [-0.2, 0) is 25.2 Å². The third-order valence-electron chi connectivity index (χ3n) is 10.1. The molecule has 2 aliphatic carbocycles. The topological polar surface area (TPSA) is 120 Å². The summed E-state index contributed by atoms with van der Waals surface area (Å²) in [5, 5.41) is 13.6. The maximum Gasteiger partial charge on any atom is 0.332 e. The van der Waals surface area contributed by atoms with Gasteiger partial charge in [-0.05, 0) is 93.6 Å². The highest BCUT2D eigenvalue weighted by molar-refractivity contribution is 6.73. The standard InChI is InChI=1S/C38H58N2O6Si/c1-8-12-14-22-33(45-37(43)38(23-24-38)40-36(42)29-19-15-13-16-20-29)28(6)35(46-47(9-2,10-3)11-4)27(5)18-17-21-30-25-31(44-7)26-32(39)34(30)41/h8,12,14,18-19,25-26,28,33,35,41H,1,9-11,13,15-17,20-24,39H2,2-7H3,(H,40,42)/b14-12+,27-18-/t28-,33-,35-/m0/s1. The van der Waals surface area contributed by atoms with Gasteiger partial charge in [0.15, 0.2) is 8.32 Å². The number of nitrogen functional groups attached to an aromatic ring is 1. The van der Waals surface area contributed by atoms with Crippen LogP contribution >= 0.6 is 0 Å². The summed E-state index contributed by atoms with van der Waals surface area (Å²) in [5.74, 6) is -0.0112. The second-order valence-electron chi connectivity index (χ2n) is 13.2. The normalized spacial score (nSPS) is 18.2. The molecule has 0 saturated heterocycles. The number of hydrogen-bond donors (Lipinski definition) is 3. The molecule has 4 N–H and O–H groups in total. The summed E-state index contributed by atoms with van der Waals surface area (Å²) in [6.45, 7) is 14.6. The Balaban J connectivity index is 1.87. The molecule has 0 aromatic heterocycles. The minimum absolute atomic E-state index is 0.0780. The molecule has 1 amide bonds. The van der Waals surface area contributed by atoms with E-state index in [9.17, 15) is 14.7 Å². The Bertz CT molecular complexity index is 1320. The predicted octanol–water partition coefficient (Wildman–Crippen LogP) is 8.08. The van der Waals surface area contributed by atoms with Gasteiger partial charge in [0.1, 0.15) is 23.1 Å². The van der Waals surface area contributed by atoms with E-state index in [2.05, 4.69) is 52.6 Å². The molecule has 0 bridgehead atoms. The lowest BCUT2D eigenvalue weighted by atomic mass is 9.90. The molecule has 3 rings (SSSR count). The van der Waals surface area contributed by atoms with Crippen LogP contribution in [0.2, 0.25) is 18.1 Å². The van der Waals surface area contributed by atoms with Gasteiger partial charge < -0.3 is 30.1 Å². The lowest BCUT2D eigenvalue weighted by Crippen LogP contribution is -2.49. The van der Waals surface area contributed by atoms with E-state index in [0.717, 1.165) is 60.5 Å². The molecule has 8 nitrogen and oxygen atoms in total. The number of carbonyl (C=O) groups is 2. The van der Waals surface area contributed by atoms with Crippen molar-refractivity contribution in [3.63, 3.8) is 0 Å². The van der Waals surface area contributed by atoms with E-state index in [1.165, 1.54) is 0 Å². The minimum atomic E-state index is -2.08. The Morgan fingerprint density at radius 1 is 1.17 bits per heavy atom. The predicted molar refractivity (Wildman–Crippen MR) is 193 cm³/mol. The molecule has 0 spiro atoms. The van der Waals surface area contributed by atoms with Gasteiger partial charge in [-0.25, -0.2) is 4.79 Å². The van der Waals surface area contributed by atoms with E-state index in [-0.39, 0.29) is 35.3 Å². The number of anilines is 1. The number of carbonyl (C=O) groups excluding carboxylic acids is 2. The number of benzene rings is 1. The van der Waals surface area contributed by atoms with E-state index in [4.69, 9.17) is 19.6 Å². The smallest absolute Gasteiger partial charge is 0.332 e. The number of phenolic OH excluding ortho intramolecular Hbond substituents is 1. The fraction of sp³-hybridized carbons (Fsp3) is 0.579. The zero-order chi connectivity index (χ0) is 34.6. The van der Waals surface area contributed by atoms with Crippen LogP contribution in [0.4, 0.5) is 5.69 Å². The molecule has 0 radical (unpaired) electrons. The number of esters is 1. The average Bonchev–Trinajstić information content (AvgIpc) is 3.87. The molecule has 1 aromatic rings. The maximum absolute atomic E-state index is 13.8. The molecule has 2 aliphatic rings. The molecule has 0 aliphatic heterocycles. The number of nitrogens with one attached hydrogen (secondary N) is 1. The van der Waals surface area contributed by atoms with Crippen LogP contribution in [-0.4, -0.2) is 50.2 Å². The van der Waals surface area contributed by atoms with Gasteiger partial charge in [0, 0.05) is 24.0 Å². The number of phenols is 1. The molecule has 1 saturated carbocycles. The molecular weight excluding hydrogens is 609 g/mol. The third kappa shape index (κ3) is 10.1. The highest BCUT2D eigenvalue weighted by atomic mass is 28.4. The molecule has 3 atom stereocenters. The molecule has 0 unspecified atom stereocenters. The number of ether oxygens (including phenoxy) is 2. The number of aryl methyl sites for hydroxylation is 1. The number of rotatable bonds is 19.